The predicted octanol–water partition coefficient (Wildman–Crippen LogP) is 3.08. The Morgan fingerprint density at radius 1 is 1.50 bits per heavy atom. The first-order chi connectivity index (χ1) is 7.67. The largest absolute Gasteiger partial charge is 0.497 e. The lowest BCUT2D eigenvalue weighted by molar-refractivity contribution is 0.414. The van der Waals surface area contributed by atoms with Crippen LogP contribution < -0.4 is 10.5 Å². The molecule has 2 N–H and O–H groups in total. The number of benzene rings is 1. The summed E-state index contributed by atoms with van der Waals surface area (Å²) in [6.07, 6.45) is 4.04. The maximum absolute atomic E-state index is 6.08. The van der Waals surface area contributed by atoms with Gasteiger partial charge in [-0.2, -0.15) is 11.8 Å². The molecule has 0 aliphatic carbocycles. The van der Waals surface area contributed by atoms with Gasteiger partial charge in [0, 0.05) is 10.5 Å². The molecule has 0 heterocycles. The molecule has 0 saturated carbocycles. The van der Waals surface area contributed by atoms with Crippen LogP contribution in [-0.2, 0) is 6.42 Å². The van der Waals surface area contributed by atoms with Crippen molar-refractivity contribution >= 4 is 27.7 Å². The van der Waals surface area contributed by atoms with Crippen LogP contribution in [0.5, 0.6) is 5.75 Å². The monoisotopic (exact) mass is 303 g/mol. The number of rotatable bonds is 6. The highest BCUT2D eigenvalue weighted by molar-refractivity contribution is 9.10. The summed E-state index contributed by atoms with van der Waals surface area (Å²) in [6.45, 7) is 0. The van der Waals surface area contributed by atoms with Gasteiger partial charge < -0.3 is 10.5 Å². The first kappa shape index (κ1) is 13.9. The van der Waals surface area contributed by atoms with E-state index in [1.807, 2.05) is 30.0 Å². The zero-order valence-corrected chi connectivity index (χ0v) is 12.1. The van der Waals surface area contributed by atoms with Crippen molar-refractivity contribution < 1.29 is 4.74 Å². The molecular weight excluding hydrogens is 286 g/mol. The Hall–Kier alpha value is -0.190. The second-order valence-corrected chi connectivity index (χ2v) is 5.54. The van der Waals surface area contributed by atoms with Crippen LogP contribution in [0.2, 0.25) is 0 Å². The maximum Gasteiger partial charge on any atom is 0.119 e. The van der Waals surface area contributed by atoms with E-state index in [9.17, 15) is 0 Å². The van der Waals surface area contributed by atoms with Crippen LogP contribution in [0, 0.1) is 0 Å². The predicted molar refractivity (Wildman–Crippen MR) is 75.4 cm³/mol. The molecule has 0 fully saturated rings. The molecular formula is C12H18BrNOS. The van der Waals surface area contributed by atoms with E-state index in [-0.39, 0.29) is 6.04 Å². The third-order valence-corrected chi connectivity index (χ3v) is 3.85. The van der Waals surface area contributed by atoms with Crippen molar-refractivity contribution in [2.75, 3.05) is 19.1 Å². The summed E-state index contributed by atoms with van der Waals surface area (Å²) < 4.78 is 6.31. The Balaban J connectivity index is 2.64. The lowest BCUT2D eigenvalue weighted by atomic mass is 10.0. The summed E-state index contributed by atoms with van der Waals surface area (Å²) in [5.41, 5.74) is 7.29. The van der Waals surface area contributed by atoms with Gasteiger partial charge in [-0.05, 0) is 48.6 Å². The van der Waals surface area contributed by atoms with Crippen LogP contribution in [0.4, 0.5) is 0 Å². The van der Waals surface area contributed by atoms with Crippen LogP contribution in [0.25, 0.3) is 0 Å². The molecule has 0 spiro atoms. The highest BCUT2D eigenvalue weighted by Crippen LogP contribution is 2.23. The molecule has 0 saturated heterocycles. The molecule has 1 atom stereocenters. The van der Waals surface area contributed by atoms with Crippen molar-refractivity contribution in [3.63, 3.8) is 0 Å². The average Bonchev–Trinajstić information content (AvgIpc) is 2.29. The topological polar surface area (TPSA) is 35.2 Å². The van der Waals surface area contributed by atoms with Crippen LogP contribution in [0.3, 0.4) is 0 Å². The Morgan fingerprint density at radius 2 is 2.25 bits per heavy atom. The molecule has 0 amide bonds. The Labute approximate surface area is 110 Å². The average molecular weight is 304 g/mol. The van der Waals surface area contributed by atoms with E-state index in [1.54, 1.807) is 7.11 Å². The van der Waals surface area contributed by atoms with Crippen molar-refractivity contribution in [2.24, 2.45) is 5.73 Å². The van der Waals surface area contributed by atoms with Gasteiger partial charge in [0.25, 0.3) is 0 Å². The lowest BCUT2D eigenvalue weighted by Gasteiger charge is -2.13. The fraction of sp³-hybridized carbons (Fsp3) is 0.500. The number of nitrogens with two attached hydrogens (primary N) is 1. The van der Waals surface area contributed by atoms with Gasteiger partial charge >= 0.3 is 0 Å². The van der Waals surface area contributed by atoms with Crippen molar-refractivity contribution in [1.82, 2.24) is 0 Å². The van der Waals surface area contributed by atoms with E-state index < -0.39 is 0 Å². The smallest absolute Gasteiger partial charge is 0.119 e. The minimum absolute atomic E-state index is 0.218. The van der Waals surface area contributed by atoms with Crippen molar-refractivity contribution in [3.8, 4) is 5.75 Å². The second kappa shape index (κ2) is 7.20. The summed E-state index contributed by atoms with van der Waals surface area (Å²) in [4.78, 5) is 0. The van der Waals surface area contributed by atoms with Crippen LogP contribution in [-0.4, -0.2) is 25.2 Å². The first-order valence-corrected chi connectivity index (χ1v) is 7.43. The van der Waals surface area contributed by atoms with E-state index in [0.29, 0.717) is 0 Å². The molecule has 1 rings (SSSR count). The highest BCUT2D eigenvalue weighted by Gasteiger charge is 2.08. The van der Waals surface area contributed by atoms with Crippen LogP contribution in [0.1, 0.15) is 12.0 Å². The van der Waals surface area contributed by atoms with E-state index in [0.717, 1.165) is 28.8 Å². The van der Waals surface area contributed by atoms with Gasteiger partial charge in [-0.25, -0.2) is 0 Å². The summed E-state index contributed by atoms with van der Waals surface area (Å²) >= 11 is 5.38. The molecule has 0 aliphatic heterocycles. The van der Waals surface area contributed by atoms with E-state index in [1.165, 1.54) is 5.56 Å². The lowest BCUT2D eigenvalue weighted by Crippen LogP contribution is -2.23. The minimum atomic E-state index is 0.218. The molecule has 4 heteroatoms. The quantitative estimate of drug-likeness (QED) is 0.877. The van der Waals surface area contributed by atoms with Crippen molar-refractivity contribution in [2.45, 2.75) is 18.9 Å². The molecule has 2 nitrogen and oxygen atoms in total. The third kappa shape index (κ3) is 4.36. The molecule has 1 aromatic carbocycles. The maximum atomic E-state index is 6.08. The standard InChI is InChI=1S/C12H18BrNOS/c1-15-11-3-4-12(13)9(8-11)7-10(14)5-6-16-2/h3-4,8,10H,5-7,14H2,1-2H3. The van der Waals surface area contributed by atoms with Gasteiger partial charge in [0.05, 0.1) is 7.11 Å². The van der Waals surface area contributed by atoms with Gasteiger partial charge in [0.15, 0.2) is 0 Å². The third-order valence-electron chi connectivity index (χ3n) is 2.43. The zero-order valence-electron chi connectivity index (χ0n) is 9.70. The van der Waals surface area contributed by atoms with Gasteiger partial charge in [0.1, 0.15) is 5.75 Å². The number of halogens is 1. The number of thioether (sulfide) groups is 1. The van der Waals surface area contributed by atoms with Gasteiger partial charge in [-0.15, -0.1) is 0 Å². The molecule has 0 aliphatic rings. The second-order valence-electron chi connectivity index (χ2n) is 3.70. The van der Waals surface area contributed by atoms with Gasteiger partial charge in [0.2, 0.25) is 0 Å². The Morgan fingerprint density at radius 3 is 2.88 bits per heavy atom. The van der Waals surface area contributed by atoms with E-state index >= 15 is 0 Å². The Bertz CT molecular complexity index is 333. The summed E-state index contributed by atoms with van der Waals surface area (Å²) in [5.74, 6) is 2.00. The SMILES string of the molecule is COc1ccc(Br)c(CC(N)CCSC)c1. The summed E-state index contributed by atoms with van der Waals surface area (Å²) in [6, 6.07) is 6.22. The minimum Gasteiger partial charge on any atom is -0.497 e. The highest BCUT2D eigenvalue weighted by atomic mass is 79.9. The van der Waals surface area contributed by atoms with Crippen molar-refractivity contribution in [1.29, 1.82) is 0 Å². The number of methoxy groups -OCH3 is 1. The van der Waals surface area contributed by atoms with E-state index in [2.05, 4.69) is 22.2 Å². The molecule has 0 bridgehead atoms. The molecule has 16 heavy (non-hydrogen) atoms. The van der Waals surface area contributed by atoms with Crippen LogP contribution in [0.15, 0.2) is 22.7 Å². The molecule has 1 aromatic rings. The van der Waals surface area contributed by atoms with Gasteiger partial charge in [-0.1, -0.05) is 15.9 Å². The first-order valence-electron chi connectivity index (χ1n) is 5.24. The molecule has 0 aromatic heterocycles. The molecule has 1 unspecified atom stereocenters. The molecule has 0 radical (unpaired) electrons. The summed E-state index contributed by atoms with van der Waals surface area (Å²) in [5, 5.41) is 0. The van der Waals surface area contributed by atoms with E-state index in [4.69, 9.17) is 10.5 Å². The fourth-order valence-corrected chi connectivity index (χ4v) is 2.44. The Kier molecular flexibility index (Phi) is 6.24. The van der Waals surface area contributed by atoms with Crippen LogP contribution >= 0.6 is 27.7 Å². The number of ether oxygens (including phenoxy) is 1. The summed E-state index contributed by atoms with van der Waals surface area (Å²) in [7, 11) is 1.68. The zero-order chi connectivity index (χ0) is 12.0. The van der Waals surface area contributed by atoms with Gasteiger partial charge in [-0.3, -0.25) is 0 Å². The number of hydrogen-bond acceptors (Lipinski definition) is 3. The number of hydrogen-bond donors (Lipinski definition) is 1. The normalized spacial score (nSPS) is 12.5. The molecule has 90 valence electrons. The van der Waals surface area contributed by atoms with Crippen molar-refractivity contribution in [3.05, 3.63) is 28.2 Å². The fourth-order valence-electron chi connectivity index (χ4n) is 1.49.